The molecular formula is C32H36O9. The molecule has 0 N–H and O–H groups in total. The highest BCUT2D eigenvalue weighted by atomic mass is 16.6. The van der Waals surface area contributed by atoms with Gasteiger partial charge in [-0.3, -0.25) is 4.79 Å². The smallest absolute Gasteiger partial charge is 0.343 e. The fraction of sp³-hybridized carbons (Fsp3) is 0.344. The van der Waals surface area contributed by atoms with E-state index in [1.807, 2.05) is 24.3 Å². The third-order valence-corrected chi connectivity index (χ3v) is 5.74. The molecule has 0 aliphatic heterocycles. The average Bonchev–Trinajstić information content (AvgIpc) is 2.97. The number of hydrogen-bond donors (Lipinski definition) is 0. The van der Waals surface area contributed by atoms with Crippen molar-refractivity contribution in [3.63, 3.8) is 0 Å². The van der Waals surface area contributed by atoms with Gasteiger partial charge in [0, 0.05) is 0 Å². The van der Waals surface area contributed by atoms with Crippen molar-refractivity contribution >= 4 is 17.9 Å². The van der Waals surface area contributed by atoms with Crippen LogP contribution in [0.2, 0.25) is 0 Å². The lowest BCUT2D eigenvalue weighted by Crippen LogP contribution is -2.24. The van der Waals surface area contributed by atoms with Crippen LogP contribution in [0.5, 0.6) is 11.5 Å². The maximum absolute atomic E-state index is 12.6. The first-order valence-corrected chi connectivity index (χ1v) is 13.2. The van der Waals surface area contributed by atoms with Gasteiger partial charge in [0.05, 0.1) is 50.1 Å². The molecule has 3 aromatic carbocycles. The molecule has 0 amide bonds. The van der Waals surface area contributed by atoms with Crippen LogP contribution in [0.25, 0.3) is 11.1 Å². The van der Waals surface area contributed by atoms with Crippen LogP contribution in [0.1, 0.15) is 41.5 Å². The van der Waals surface area contributed by atoms with Gasteiger partial charge in [0.25, 0.3) is 0 Å². The Morgan fingerprint density at radius 1 is 0.585 bits per heavy atom. The predicted octanol–water partition coefficient (Wildman–Crippen LogP) is 5.36. The second-order valence-corrected chi connectivity index (χ2v) is 9.97. The Morgan fingerprint density at radius 2 is 1.05 bits per heavy atom. The van der Waals surface area contributed by atoms with Crippen molar-refractivity contribution < 1.29 is 42.8 Å². The number of methoxy groups -OCH3 is 1. The van der Waals surface area contributed by atoms with Crippen LogP contribution in [0.4, 0.5) is 0 Å². The van der Waals surface area contributed by atoms with Crippen LogP contribution in [-0.4, -0.2) is 64.7 Å². The number of rotatable bonds is 14. The number of carbonyl (C=O) groups excluding carboxylic acids is 3. The van der Waals surface area contributed by atoms with E-state index >= 15 is 0 Å². The van der Waals surface area contributed by atoms with Crippen molar-refractivity contribution in [2.45, 2.75) is 20.8 Å². The Morgan fingerprint density at radius 3 is 1.61 bits per heavy atom. The van der Waals surface area contributed by atoms with Crippen molar-refractivity contribution in [2.75, 3.05) is 46.8 Å². The Bertz CT molecular complexity index is 1260. The number of ether oxygens (including phenoxy) is 6. The first-order chi connectivity index (χ1) is 19.7. The van der Waals surface area contributed by atoms with Gasteiger partial charge in [-0.1, -0.05) is 24.3 Å². The first kappa shape index (κ1) is 31.3. The fourth-order valence-electron chi connectivity index (χ4n) is 3.44. The van der Waals surface area contributed by atoms with Crippen molar-refractivity contribution in [1.82, 2.24) is 0 Å². The summed E-state index contributed by atoms with van der Waals surface area (Å²) in [4.78, 5) is 35.8. The van der Waals surface area contributed by atoms with Crippen LogP contribution in [0.15, 0.2) is 72.8 Å². The third-order valence-electron chi connectivity index (χ3n) is 5.74. The van der Waals surface area contributed by atoms with Crippen molar-refractivity contribution in [3.05, 3.63) is 83.9 Å². The van der Waals surface area contributed by atoms with Crippen LogP contribution < -0.4 is 9.47 Å². The molecule has 0 atom stereocenters. The monoisotopic (exact) mass is 564 g/mol. The summed E-state index contributed by atoms with van der Waals surface area (Å²) in [5, 5.41) is 0. The zero-order valence-corrected chi connectivity index (χ0v) is 23.8. The Labute approximate surface area is 240 Å². The number of carbonyl (C=O) groups is 3. The maximum Gasteiger partial charge on any atom is 0.343 e. The van der Waals surface area contributed by atoms with Crippen molar-refractivity contribution in [2.24, 2.45) is 5.41 Å². The standard InChI is InChI=1S/C32H36O9/c1-32(2,3)31(35)40-22-20-38-18-17-37-19-21-39-27-13-11-26(12-14-27)30(34)41-28-15-9-24(10-16-28)23-5-7-25(8-6-23)29(33)36-4/h5-16H,17-22H2,1-4H3. The highest BCUT2D eigenvalue weighted by Gasteiger charge is 2.22. The molecule has 0 aliphatic carbocycles. The van der Waals surface area contributed by atoms with Crippen LogP contribution in [0, 0.1) is 5.41 Å². The van der Waals surface area contributed by atoms with Crippen molar-refractivity contribution in [1.29, 1.82) is 0 Å². The number of esters is 3. The van der Waals surface area contributed by atoms with Gasteiger partial charge in [-0.05, 0) is 80.4 Å². The van der Waals surface area contributed by atoms with E-state index in [4.69, 9.17) is 28.4 Å². The molecule has 0 fully saturated rings. The number of hydrogen-bond acceptors (Lipinski definition) is 9. The molecule has 9 heteroatoms. The molecule has 0 saturated heterocycles. The Balaban J connectivity index is 1.32. The van der Waals surface area contributed by atoms with Gasteiger partial charge in [0.2, 0.25) is 0 Å². The highest BCUT2D eigenvalue weighted by Crippen LogP contribution is 2.24. The van der Waals surface area contributed by atoms with E-state index in [0.717, 1.165) is 11.1 Å². The fourth-order valence-corrected chi connectivity index (χ4v) is 3.44. The summed E-state index contributed by atoms with van der Waals surface area (Å²) >= 11 is 0. The summed E-state index contributed by atoms with van der Waals surface area (Å²) in [6.45, 7) is 7.42. The zero-order valence-electron chi connectivity index (χ0n) is 23.8. The van der Waals surface area contributed by atoms with Gasteiger partial charge in [0.1, 0.15) is 24.7 Å². The quantitative estimate of drug-likeness (QED) is 0.145. The Kier molecular flexibility index (Phi) is 11.9. The Hall–Kier alpha value is -4.21. The van der Waals surface area contributed by atoms with Gasteiger partial charge >= 0.3 is 17.9 Å². The van der Waals surface area contributed by atoms with Gasteiger partial charge in [-0.2, -0.15) is 0 Å². The summed E-state index contributed by atoms with van der Waals surface area (Å²) < 4.78 is 31.8. The normalized spacial score (nSPS) is 11.0. The largest absolute Gasteiger partial charge is 0.491 e. The van der Waals surface area contributed by atoms with Crippen molar-refractivity contribution in [3.8, 4) is 22.6 Å². The van der Waals surface area contributed by atoms with Crippen LogP contribution in [-0.2, 0) is 23.7 Å². The summed E-state index contributed by atoms with van der Waals surface area (Å²) in [5.41, 5.74) is 2.17. The molecule has 0 heterocycles. The lowest BCUT2D eigenvalue weighted by molar-refractivity contribution is -0.154. The summed E-state index contributed by atoms with van der Waals surface area (Å²) in [6.07, 6.45) is 0. The topological polar surface area (TPSA) is 107 Å². The lowest BCUT2D eigenvalue weighted by atomic mass is 9.97. The van der Waals surface area contributed by atoms with Gasteiger partial charge < -0.3 is 28.4 Å². The minimum absolute atomic E-state index is 0.213. The lowest BCUT2D eigenvalue weighted by Gasteiger charge is -2.16. The molecule has 9 nitrogen and oxygen atoms in total. The summed E-state index contributed by atoms with van der Waals surface area (Å²) in [6, 6.07) is 20.8. The minimum atomic E-state index is -0.522. The van der Waals surface area contributed by atoms with E-state index in [0.29, 0.717) is 55.7 Å². The zero-order chi connectivity index (χ0) is 29.7. The number of benzene rings is 3. The molecule has 218 valence electrons. The second-order valence-electron chi connectivity index (χ2n) is 9.97. The summed E-state index contributed by atoms with van der Waals surface area (Å²) in [7, 11) is 1.34. The van der Waals surface area contributed by atoms with E-state index in [2.05, 4.69) is 0 Å². The maximum atomic E-state index is 12.6. The van der Waals surface area contributed by atoms with E-state index in [9.17, 15) is 14.4 Å². The molecular weight excluding hydrogens is 528 g/mol. The molecule has 0 bridgehead atoms. The molecule has 0 unspecified atom stereocenters. The molecule has 0 spiro atoms. The van der Waals surface area contributed by atoms with Gasteiger partial charge in [-0.15, -0.1) is 0 Å². The van der Waals surface area contributed by atoms with Crippen LogP contribution in [0.3, 0.4) is 0 Å². The predicted molar refractivity (Wildman–Crippen MR) is 152 cm³/mol. The minimum Gasteiger partial charge on any atom is -0.491 e. The van der Waals surface area contributed by atoms with E-state index in [1.54, 1.807) is 69.3 Å². The van der Waals surface area contributed by atoms with Crippen LogP contribution >= 0.6 is 0 Å². The van der Waals surface area contributed by atoms with E-state index in [1.165, 1.54) is 7.11 Å². The first-order valence-electron chi connectivity index (χ1n) is 13.2. The molecule has 0 radical (unpaired) electrons. The summed E-state index contributed by atoms with van der Waals surface area (Å²) in [5.74, 6) is -0.113. The molecule has 3 aromatic rings. The molecule has 0 aliphatic rings. The average molecular weight is 565 g/mol. The molecule has 3 rings (SSSR count). The molecule has 0 saturated carbocycles. The molecule has 0 aromatic heterocycles. The highest BCUT2D eigenvalue weighted by molar-refractivity contribution is 5.91. The van der Waals surface area contributed by atoms with Gasteiger partial charge in [-0.25, -0.2) is 9.59 Å². The van der Waals surface area contributed by atoms with E-state index < -0.39 is 11.4 Å². The molecule has 41 heavy (non-hydrogen) atoms. The third kappa shape index (κ3) is 10.4. The second kappa shape index (κ2) is 15.5. The van der Waals surface area contributed by atoms with E-state index in [-0.39, 0.29) is 18.5 Å². The SMILES string of the molecule is COC(=O)c1ccc(-c2ccc(OC(=O)c3ccc(OCCOCCOCCOC(=O)C(C)(C)C)cc3)cc2)cc1. The van der Waals surface area contributed by atoms with Gasteiger partial charge in [0.15, 0.2) is 0 Å².